The highest BCUT2D eigenvalue weighted by Crippen LogP contribution is 2.30. The number of nitrogens with two attached hydrogens (primary N) is 1. The van der Waals surface area contributed by atoms with Crippen molar-refractivity contribution in [3.63, 3.8) is 0 Å². The average Bonchev–Trinajstić information content (AvgIpc) is 2.99. The normalized spacial score (nSPS) is 12.1. The van der Waals surface area contributed by atoms with E-state index in [1.165, 1.54) is 11.3 Å². The minimum atomic E-state index is 0.180. The van der Waals surface area contributed by atoms with Crippen molar-refractivity contribution in [2.75, 3.05) is 5.73 Å². The van der Waals surface area contributed by atoms with E-state index in [2.05, 4.69) is 35.9 Å². The van der Waals surface area contributed by atoms with Gasteiger partial charge < -0.3 is 10.3 Å². The van der Waals surface area contributed by atoms with Crippen LogP contribution in [0, 0.1) is 0 Å². The third kappa shape index (κ3) is 3.36. The molecule has 2 aromatic heterocycles. The lowest BCUT2D eigenvalue weighted by Gasteiger charge is -2.15. The molecular formula is C14H16N4OS2. The number of nitrogen functional groups attached to an aromatic ring is 1. The van der Waals surface area contributed by atoms with Gasteiger partial charge in [-0.05, 0) is 18.2 Å². The van der Waals surface area contributed by atoms with Crippen LogP contribution in [0.2, 0.25) is 0 Å². The van der Waals surface area contributed by atoms with Gasteiger partial charge in [0.05, 0.1) is 16.0 Å². The summed E-state index contributed by atoms with van der Waals surface area (Å²) in [4.78, 5) is 8.69. The summed E-state index contributed by atoms with van der Waals surface area (Å²) in [5.74, 6) is 1.99. The molecule has 5 nitrogen and oxygen atoms in total. The van der Waals surface area contributed by atoms with E-state index in [0.29, 0.717) is 16.8 Å². The van der Waals surface area contributed by atoms with Crippen LogP contribution in [0.4, 0.5) is 5.13 Å². The maximum Gasteiger partial charge on any atom is 0.258 e. The monoisotopic (exact) mass is 320 g/mol. The van der Waals surface area contributed by atoms with E-state index in [1.54, 1.807) is 11.8 Å². The van der Waals surface area contributed by atoms with Crippen LogP contribution in [0.1, 0.15) is 26.6 Å². The number of thiazole rings is 1. The zero-order valence-electron chi connectivity index (χ0n) is 12.1. The summed E-state index contributed by atoms with van der Waals surface area (Å²) >= 11 is 3.25. The molecular weight excluding hydrogens is 304 g/mol. The number of aromatic nitrogens is 3. The molecule has 110 valence electrons. The summed E-state index contributed by atoms with van der Waals surface area (Å²) in [7, 11) is 0. The highest BCUT2D eigenvalue weighted by atomic mass is 32.2. The number of hydrogen-bond acceptors (Lipinski definition) is 7. The van der Waals surface area contributed by atoms with Gasteiger partial charge in [-0.2, -0.15) is 4.98 Å². The molecule has 0 fully saturated rings. The Morgan fingerprint density at radius 3 is 2.86 bits per heavy atom. The zero-order valence-corrected chi connectivity index (χ0v) is 13.7. The first-order valence-corrected chi connectivity index (χ1v) is 8.34. The molecule has 0 aliphatic carbocycles. The number of fused-ring (bicyclic) bond motifs is 1. The number of thioether (sulfide) groups is 1. The van der Waals surface area contributed by atoms with E-state index in [-0.39, 0.29) is 4.75 Å². The maximum absolute atomic E-state index is 5.72. The fraction of sp³-hybridized carbons (Fsp3) is 0.357. The van der Waals surface area contributed by atoms with Gasteiger partial charge in [0.1, 0.15) is 0 Å². The van der Waals surface area contributed by atoms with E-state index in [4.69, 9.17) is 10.3 Å². The first kappa shape index (κ1) is 14.3. The average molecular weight is 320 g/mol. The molecule has 0 atom stereocenters. The van der Waals surface area contributed by atoms with Crippen LogP contribution in [-0.2, 0) is 5.75 Å². The van der Waals surface area contributed by atoms with Gasteiger partial charge in [-0.15, -0.1) is 11.8 Å². The largest absolute Gasteiger partial charge is 0.375 e. The molecule has 3 rings (SSSR count). The molecule has 0 saturated carbocycles. The van der Waals surface area contributed by atoms with Gasteiger partial charge >= 0.3 is 0 Å². The van der Waals surface area contributed by atoms with E-state index in [1.807, 2.05) is 18.2 Å². The first-order chi connectivity index (χ1) is 9.90. The smallest absolute Gasteiger partial charge is 0.258 e. The molecule has 0 radical (unpaired) electrons. The van der Waals surface area contributed by atoms with E-state index in [0.717, 1.165) is 21.5 Å². The summed E-state index contributed by atoms with van der Waals surface area (Å²) < 4.78 is 6.55. The van der Waals surface area contributed by atoms with Crippen LogP contribution in [-0.4, -0.2) is 19.9 Å². The first-order valence-electron chi connectivity index (χ1n) is 6.54. The third-order valence-electron chi connectivity index (χ3n) is 2.75. The van der Waals surface area contributed by atoms with Gasteiger partial charge in [0.2, 0.25) is 0 Å². The molecule has 21 heavy (non-hydrogen) atoms. The van der Waals surface area contributed by atoms with Gasteiger partial charge in [-0.1, -0.05) is 37.3 Å². The maximum atomic E-state index is 5.72. The Labute approximate surface area is 131 Å². The van der Waals surface area contributed by atoms with Crippen molar-refractivity contribution in [1.29, 1.82) is 0 Å². The molecule has 1 aromatic carbocycles. The van der Waals surface area contributed by atoms with Gasteiger partial charge in [0, 0.05) is 10.3 Å². The summed E-state index contributed by atoms with van der Waals surface area (Å²) in [6.07, 6.45) is 0. The van der Waals surface area contributed by atoms with Crippen LogP contribution in [0.15, 0.2) is 22.7 Å². The van der Waals surface area contributed by atoms with Crippen molar-refractivity contribution in [3.05, 3.63) is 24.0 Å². The Morgan fingerprint density at radius 2 is 2.10 bits per heavy atom. The molecule has 3 aromatic rings. The van der Waals surface area contributed by atoms with Crippen molar-refractivity contribution in [3.8, 4) is 11.5 Å². The van der Waals surface area contributed by atoms with Crippen LogP contribution >= 0.6 is 23.1 Å². The lowest BCUT2D eigenvalue weighted by molar-refractivity contribution is 0.425. The molecule has 0 bridgehead atoms. The molecule has 0 unspecified atom stereocenters. The Balaban J connectivity index is 1.83. The summed E-state index contributed by atoms with van der Waals surface area (Å²) in [5.41, 5.74) is 7.50. The minimum absolute atomic E-state index is 0.180. The molecule has 2 heterocycles. The van der Waals surface area contributed by atoms with E-state index >= 15 is 0 Å². The molecule has 7 heteroatoms. The standard InChI is InChI=1S/C14H16N4OS2/c1-14(2,3)20-7-11-17-12(19-18-11)8-4-5-9-10(6-8)21-13(15)16-9/h4-6H,7H2,1-3H3,(H2,15,16). The van der Waals surface area contributed by atoms with Gasteiger partial charge in [-0.3, -0.25) is 0 Å². The molecule has 2 N–H and O–H groups in total. The second kappa shape index (κ2) is 5.31. The third-order valence-corrected chi connectivity index (χ3v) is 4.87. The second-order valence-corrected chi connectivity index (χ2v) is 8.52. The lowest BCUT2D eigenvalue weighted by Crippen LogP contribution is -2.07. The van der Waals surface area contributed by atoms with Gasteiger partial charge in [0.15, 0.2) is 11.0 Å². The van der Waals surface area contributed by atoms with Gasteiger partial charge in [-0.25, -0.2) is 4.98 Å². The topological polar surface area (TPSA) is 77.8 Å². The SMILES string of the molecule is CC(C)(C)SCc1noc(-c2ccc3nc(N)sc3c2)n1. The quantitative estimate of drug-likeness (QED) is 0.787. The van der Waals surface area contributed by atoms with Crippen molar-refractivity contribution < 1.29 is 4.52 Å². The summed E-state index contributed by atoms with van der Waals surface area (Å²) in [6, 6.07) is 5.83. The van der Waals surface area contributed by atoms with Crippen molar-refractivity contribution in [2.24, 2.45) is 0 Å². The number of hydrogen-bond donors (Lipinski definition) is 1. The molecule has 0 amide bonds. The number of rotatable bonds is 3. The van der Waals surface area contributed by atoms with Crippen LogP contribution in [0.5, 0.6) is 0 Å². The summed E-state index contributed by atoms with van der Waals surface area (Å²) in [6.45, 7) is 6.50. The Morgan fingerprint density at radius 1 is 1.29 bits per heavy atom. The highest BCUT2D eigenvalue weighted by molar-refractivity contribution is 7.99. The Hall–Kier alpha value is -1.60. The minimum Gasteiger partial charge on any atom is -0.375 e. The number of nitrogens with zero attached hydrogens (tertiary/aromatic N) is 3. The Kier molecular flexibility index (Phi) is 3.62. The van der Waals surface area contributed by atoms with Crippen LogP contribution in [0.3, 0.4) is 0 Å². The highest BCUT2D eigenvalue weighted by Gasteiger charge is 2.15. The van der Waals surface area contributed by atoms with Crippen LogP contribution < -0.4 is 5.73 Å². The second-order valence-electron chi connectivity index (χ2n) is 5.65. The van der Waals surface area contributed by atoms with Crippen molar-refractivity contribution in [2.45, 2.75) is 31.3 Å². The molecule has 0 aliphatic heterocycles. The fourth-order valence-corrected chi connectivity index (χ4v) is 3.24. The summed E-state index contributed by atoms with van der Waals surface area (Å²) in [5, 5.41) is 4.60. The van der Waals surface area contributed by atoms with E-state index < -0.39 is 0 Å². The zero-order chi connectivity index (χ0) is 15.0. The number of anilines is 1. The fourth-order valence-electron chi connectivity index (χ4n) is 1.79. The molecule has 0 spiro atoms. The van der Waals surface area contributed by atoms with E-state index in [9.17, 15) is 0 Å². The lowest BCUT2D eigenvalue weighted by atomic mass is 10.2. The predicted octanol–water partition coefficient (Wildman–Crippen LogP) is 3.96. The molecule has 0 saturated heterocycles. The molecule has 0 aliphatic rings. The number of benzene rings is 1. The Bertz CT molecular complexity index is 773. The van der Waals surface area contributed by atoms with Crippen molar-refractivity contribution in [1.82, 2.24) is 15.1 Å². The van der Waals surface area contributed by atoms with Crippen molar-refractivity contribution >= 4 is 38.4 Å². The predicted molar refractivity (Wildman–Crippen MR) is 88.4 cm³/mol. The van der Waals surface area contributed by atoms with Crippen LogP contribution in [0.25, 0.3) is 21.7 Å². The van der Waals surface area contributed by atoms with Gasteiger partial charge in [0.25, 0.3) is 5.89 Å².